The van der Waals surface area contributed by atoms with Gasteiger partial charge >= 0.3 is 0 Å². The predicted molar refractivity (Wildman–Crippen MR) is 78.6 cm³/mol. The van der Waals surface area contributed by atoms with Crippen LogP contribution in [0.15, 0.2) is 29.1 Å². The largest absolute Gasteiger partial charge is 0.385 e. The van der Waals surface area contributed by atoms with Gasteiger partial charge < -0.3 is 10.6 Å². The lowest BCUT2D eigenvalue weighted by molar-refractivity contribution is 0.0951. The summed E-state index contributed by atoms with van der Waals surface area (Å²) in [5.41, 5.74) is 5.32. The second-order valence-corrected chi connectivity index (χ2v) is 4.96. The maximum atomic E-state index is 12.2. The van der Waals surface area contributed by atoms with Crippen LogP contribution in [0.25, 0.3) is 0 Å². The first-order valence-corrected chi connectivity index (χ1v) is 7.14. The normalized spacial score (nSPS) is 10.2. The minimum Gasteiger partial charge on any atom is -0.385 e. The molecule has 19 heavy (non-hydrogen) atoms. The molecule has 1 aromatic carbocycles. The van der Waals surface area contributed by atoms with Crippen LogP contribution < -0.4 is 10.6 Å². The summed E-state index contributed by atoms with van der Waals surface area (Å²) in [6.45, 7) is 5.27. The molecule has 1 amide bonds. The Kier molecular flexibility index (Phi) is 4.52. The van der Waals surface area contributed by atoms with Crippen molar-refractivity contribution in [2.24, 2.45) is 0 Å². The van der Waals surface area contributed by atoms with E-state index in [4.69, 9.17) is 0 Å². The summed E-state index contributed by atoms with van der Waals surface area (Å²) < 4.78 is 0. The monoisotopic (exact) mass is 275 g/mol. The number of rotatable bonds is 5. The van der Waals surface area contributed by atoms with Gasteiger partial charge in [0, 0.05) is 17.6 Å². The Morgan fingerprint density at radius 2 is 2.26 bits per heavy atom. The SMILES string of the molecule is CCNc1cc(C)ccc1C(=O)NCc1cscn1. The molecular formula is C14H17N3OS. The van der Waals surface area contributed by atoms with E-state index in [0.717, 1.165) is 23.5 Å². The van der Waals surface area contributed by atoms with Crippen molar-refractivity contribution in [3.05, 3.63) is 45.9 Å². The Morgan fingerprint density at radius 3 is 2.95 bits per heavy atom. The maximum Gasteiger partial charge on any atom is 0.253 e. The molecule has 1 heterocycles. The van der Waals surface area contributed by atoms with Crippen LogP contribution in [-0.4, -0.2) is 17.4 Å². The van der Waals surface area contributed by atoms with E-state index < -0.39 is 0 Å². The van der Waals surface area contributed by atoms with E-state index in [0.29, 0.717) is 12.1 Å². The molecule has 5 heteroatoms. The molecule has 0 radical (unpaired) electrons. The fourth-order valence-corrected chi connectivity index (χ4v) is 2.34. The molecule has 2 aromatic rings. The van der Waals surface area contributed by atoms with E-state index in [1.807, 2.05) is 37.4 Å². The zero-order valence-corrected chi connectivity index (χ0v) is 11.9. The molecule has 0 saturated carbocycles. The number of anilines is 1. The number of amides is 1. The highest BCUT2D eigenvalue weighted by Gasteiger charge is 2.11. The summed E-state index contributed by atoms with van der Waals surface area (Å²) in [4.78, 5) is 16.3. The standard InChI is InChI=1S/C14H17N3OS/c1-3-15-13-6-10(2)4-5-12(13)14(18)16-7-11-8-19-9-17-11/h4-6,8-9,15H,3,7H2,1-2H3,(H,16,18). The lowest BCUT2D eigenvalue weighted by atomic mass is 10.1. The van der Waals surface area contributed by atoms with Crippen LogP contribution >= 0.6 is 11.3 Å². The molecule has 0 fully saturated rings. The average molecular weight is 275 g/mol. The van der Waals surface area contributed by atoms with E-state index in [9.17, 15) is 4.79 Å². The zero-order chi connectivity index (χ0) is 13.7. The van der Waals surface area contributed by atoms with Gasteiger partial charge in [0.25, 0.3) is 5.91 Å². The number of nitrogens with one attached hydrogen (secondary N) is 2. The molecule has 0 spiro atoms. The molecule has 0 aliphatic rings. The first-order chi connectivity index (χ1) is 9.20. The summed E-state index contributed by atoms with van der Waals surface area (Å²) in [7, 11) is 0. The van der Waals surface area contributed by atoms with E-state index in [1.165, 1.54) is 11.3 Å². The fourth-order valence-electron chi connectivity index (χ4n) is 1.78. The van der Waals surface area contributed by atoms with Crippen molar-refractivity contribution in [3.63, 3.8) is 0 Å². The topological polar surface area (TPSA) is 54.0 Å². The van der Waals surface area contributed by atoms with Crippen molar-refractivity contribution in [1.29, 1.82) is 0 Å². The molecule has 0 atom stereocenters. The van der Waals surface area contributed by atoms with Gasteiger partial charge in [-0.2, -0.15) is 0 Å². The van der Waals surface area contributed by atoms with Crippen molar-refractivity contribution in [1.82, 2.24) is 10.3 Å². The highest BCUT2D eigenvalue weighted by molar-refractivity contribution is 7.07. The van der Waals surface area contributed by atoms with E-state index in [-0.39, 0.29) is 5.91 Å². The molecule has 4 nitrogen and oxygen atoms in total. The number of aromatic nitrogens is 1. The zero-order valence-electron chi connectivity index (χ0n) is 11.1. The lowest BCUT2D eigenvalue weighted by Gasteiger charge is -2.11. The minimum atomic E-state index is -0.0797. The van der Waals surface area contributed by atoms with Crippen LogP contribution in [0.3, 0.4) is 0 Å². The molecule has 1 aromatic heterocycles. The first kappa shape index (κ1) is 13.5. The Labute approximate surface area is 116 Å². The summed E-state index contributed by atoms with van der Waals surface area (Å²) >= 11 is 1.53. The van der Waals surface area contributed by atoms with E-state index in [1.54, 1.807) is 5.51 Å². The number of aryl methyl sites for hydroxylation is 1. The highest BCUT2D eigenvalue weighted by atomic mass is 32.1. The van der Waals surface area contributed by atoms with Gasteiger partial charge in [-0.3, -0.25) is 4.79 Å². The molecular weight excluding hydrogens is 258 g/mol. The molecule has 2 rings (SSSR count). The lowest BCUT2D eigenvalue weighted by Crippen LogP contribution is -2.24. The summed E-state index contributed by atoms with van der Waals surface area (Å²) in [5, 5.41) is 8.03. The van der Waals surface area contributed by atoms with Crippen molar-refractivity contribution in [2.45, 2.75) is 20.4 Å². The number of thiazole rings is 1. The predicted octanol–water partition coefficient (Wildman–Crippen LogP) is 2.81. The number of hydrogen-bond donors (Lipinski definition) is 2. The summed E-state index contributed by atoms with van der Waals surface area (Å²) in [5.74, 6) is -0.0797. The number of hydrogen-bond acceptors (Lipinski definition) is 4. The van der Waals surface area contributed by atoms with Crippen molar-refractivity contribution in [2.75, 3.05) is 11.9 Å². The third-order valence-corrected chi connectivity index (χ3v) is 3.34. The maximum absolute atomic E-state index is 12.2. The minimum absolute atomic E-state index is 0.0797. The average Bonchev–Trinajstić information content (AvgIpc) is 2.90. The summed E-state index contributed by atoms with van der Waals surface area (Å²) in [6, 6.07) is 5.78. The molecule has 0 bridgehead atoms. The van der Waals surface area contributed by atoms with Gasteiger partial charge in [0.1, 0.15) is 0 Å². The molecule has 0 saturated heterocycles. The second kappa shape index (κ2) is 6.33. The fraction of sp³-hybridized carbons (Fsp3) is 0.286. The van der Waals surface area contributed by atoms with Gasteiger partial charge in [-0.05, 0) is 31.5 Å². The third kappa shape index (κ3) is 3.54. The van der Waals surface area contributed by atoms with Gasteiger partial charge in [0.05, 0.1) is 23.3 Å². The quantitative estimate of drug-likeness (QED) is 0.882. The smallest absolute Gasteiger partial charge is 0.253 e. The highest BCUT2D eigenvalue weighted by Crippen LogP contribution is 2.17. The third-order valence-electron chi connectivity index (χ3n) is 2.70. The molecule has 0 aliphatic heterocycles. The van der Waals surface area contributed by atoms with E-state index >= 15 is 0 Å². The van der Waals surface area contributed by atoms with Crippen molar-refractivity contribution >= 4 is 22.9 Å². The Bertz CT molecular complexity index is 552. The van der Waals surface area contributed by atoms with Crippen LogP contribution in [0, 0.1) is 6.92 Å². The number of carbonyl (C=O) groups excluding carboxylic acids is 1. The van der Waals surface area contributed by atoms with E-state index in [2.05, 4.69) is 15.6 Å². The Morgan fingerprint density at radius 1 is 1.42 bits per heavy atom. The molecule has 0 aliphatic carbocycles. The van der Waals surface area contributed by atoms with Gasteiger partial charge in [0.15, 0.2) is 0 Å². The van der Waals surface area contributed by atoms with Gasteiger partial charge in [-0.1, -0.05) is 6.07 Å². The number of nitrogens with zero attached hydrogens (tertiary/aromatic N) is 1. The van der Waals surface area contributed by atoms with Crippen LogP contribution in [0.1, 0.15) is 28.5 Å². The van der Waals surface area contributed by atoms with Crippen LogP contribution in [0.2, 0.25) is 0 Å². The van der Waals surface area contributed by atoms with Gasteiger partial charge in [-0.25, -0.2) is 4.98 Å². The molecule has 2 N–H and O–H groups in total. The Hall–Kier alpha value is -1.88. The number of carbonyl (C=O) groups is 1. The Balaban J connectivity index is 2.09. The molecule has 100 valence electrons. The van der Waals surface area contributed by atoms with Crippen molar-refractivity contribution in [3.8, 4) is 0 Å². The second-order valence-electron chi connectivity index (χ2n) is 4.24. The van der Waals surface area contributed by atoms with Crippen molar-refractivity contribution < 1.29 is 4.79 Å². The van der Waals surface area contributed by atoms with Crippen LogP contribution in [0.5, 0.6) is 0 Å². The van der Waals surface area contributed by atoms with Gasteiger partial charge in [-0.15, -0.1) is 11.3 Å². The first-order valence-electron chi connectivity index (χ1n) is 6.20. The molecule has 0 unspecified atom stereocenters. The van der Waals surface area contributed by atoms with Gasteiger partial charge in [0.2, 0.25) is 0 Å². The summed E-state index contributed by atoms with van der Waals surface area (Å²) in [6.07, 6.45) is 0. The van der Waals surface area contributed by atoms with Crippen LogP contribution in [0.4, 0.5) is 5.69 Å². The van der Waals surface area contributed by atoms with Crippen LogP contribution in [-0.2, 0) is 6.54 Å². The number of benzene rings is 1.